The molecule has 0 rings (SSSR count). The van der Waals surface area contributed by atoms with E-state index in [1.807, 2.05) is 0 Å². The summed E-state index contributed by atoms with van der Waals surface area (Å²) in [6.07, 6.45) is 35.6. The van der Waals surface area contributed by atoms with Gasteiger partial charge in [0.2, 0.25) is 0 Å². The van der Waals surface area contributed by atoms with E-state index >= 15 is 0 Å². The SMILES string of the molecule is CCCCCCCCCCCCCCCOC(=O)CC[N+](C)(CCC(=O)OCCCCCCCCCCCCCCC)CC[N+](C)(CCC)CCO. The molecule has 0 aromatic rings. The molecule has 0 saturated heterocycles. The summed E-state index contributed by atoms with van der Waals surface area (Å²) in [4.78, 5) is 25.5. The molecule has 0 fully saturated rings. The van der Waals surface area contributed by atoms with Crippen LogP contribution in [-0.2, 0) is 19.1 Å². The molecule has 0 spiro atoms. The van der Waals surface area contributed by atoms with Crippen LogP contribution in [-0.4, -0.2) is 99.2 Å². The minimum atomic E-state index is -0.130. The van der Waals surface area contributed by atoms with E-state index in [4.69, 9.17) is 9.47 Å². The molecule has 7 nitrogen and oxygen atoms in total. The highest BCUT2D eigenvalue weighted by molar-refractivity contribution is 5.70. The Kier molecular flexibility index (Phi) is 35.9. The summed E-state index contributed by atoms with van der Waals surface area (Å²) in [6, 6.07) is 0. The van der Waals surface area contributed by atoms with E-state index in [1.165, 1.54) is 141 Å². The van der Waals surface area contributed by atoms with E-state index in [-0.39, 0.29) is 18.5 Å². The second-order valence-corrected chi connectivity index (χ2v) is 16.7. The van der Waals surface area contributed by atoms with Gasteiger partial charge in [0.05, 0.1) is 66.4 Å². The number of likely N-dealkylation sites (N-methyl/N-ethyl adjacent to an activating group) is 2. The smallest absolute Gasteiger partial charge is 0.311 e. The first-order valence-corrected chi connectivity index (χ1v) is 22.8. The van der Waals surface area contributed by atoms with Crippen molar-refractivity contribution >= 4 is 11.9 Å². The molecule has 1 unspecified atom stereocenters. The fourth-order valence-corrected chi connectivity index (χ4v) is 7.41. The number of ether oxygens (including phenoxy) is 2. The van der Waals surface area contributed by atoms with Crippen molar-refractivity contribution in [1.29, 1.82) is 0 Å². The molecule has 0 aromatic carbocycles. The molecular formula is C45H92N2O5+2. The molecule has 0 amide bonds. The Labute approximate surface area is 324 Å². The molecule has 0 aliphatic rings. The van der Waals surface area contributed by atoms with Gasteiger partial charge in [-0.2, -0.15) is 0 Å². The van der Waals surface area contributed by atoms with Crippen molar-refractivity contribution < 1.29 is 33.1 Å². The molecule has 0 aliphatic carbocycles. The summed E-state index contributed by atoms with van der Waals surface area (Å²) in [6.45, 7) is 12.7. The fraction of sp³-hybridized carbons (Fsp3) is 0.956. The van der Waals surface area contributed by atoms with E-state index in [0.717, 1.165) is 62.8 Å². The molecule has 52 heavy (non-hydrogen) atoms. The van der Waals surface area contributed by atoms with Crippen molar-refractivity contribution in [2.24, 2.45) is 0 Å². The normalized spacial score (nSPS) is 13.0. The molecule has 0 aromatic heterocycles. The van der Waals surface area contributed by atoms with Gasteiger partial charge in [0.15, 0.2) is 0 Å². The lowest BCUT2D eigenvalue weighted by molar-refractivity contribution is -0.963. The standard InChI is InChI=1S/C45H92N2O5/c1-6-9-11-13-15-17-19-21-23-25-27-29-31-42-51-44(49)33-36-47(5,39-38-46(4,35-8-3)40-41-48)37-34-45(50)52-43-32-30-28-26-24-22-20-18-16-14-12-10-7-2/h48H,6-43H2,1-5H3/q+2. The van der Waals surface area contributed by atoms with E-state index in [2.05, 4.69) is 34.9 Å². The van der Waals surface area contributed by atoms with Crippen LogP contribution in [0.15, 0.2) is 0 Å². The lowest BCUT2D eigenvalue weighted by atomic mass is 10.0. The van der Waals surface area contributed by atoms with Gasteiger partial charge in [0.1, 0.15) is 19.6 Å². The minimum absolute atomic E-state index is 0.130. The Balaban J connectivity index is 4.37. The van der Waals surface area contributed by atoms with E-state index in [1.54, 1.807) is 0 Å². The maximum absolute atomic E-state index is 12.8. The van der Waals surface area contributed by atoms with Crippen LogP contribution >= 0.6 is 0 Å². The third-order valence-electron chi connectivity index (χ3n) is 11.3. The van der Waals surface area contributed by atoms with Crippen molar-refractivity contribution in [3.05, 3.63) is 0 Å². The number of rotatable bonds is 41. The fourth-order valence-electron chi connectivity index (χ4n) is 7.41. The average Bonchev–Trinajstić information content (AvgIpc) is 3.13. The van der Waals surface area contributed by atoms with Gasteiger partial charge >= 0.3 is 11.9 Å². The summed E-state index contributed by atoms with van der Waals surface area (Å²) in [7, 11) is 4.37. The van der Waals surface area contributed by atoms with Gasteiger partial charge in [0, 0.05) is 0 Å². The summed E-state index contributed by atoms with van der Waals surface area (Å²) >= 11 is 0. The van der Waals surface area contributed by atoms with E-state index < -0.39 is 0 Å². The van der Waals surface area contributed by atoms with Crippen molar-refractivity contribution in [2.75, 3.05) is 73.2 Å². The highest BCUT2D eigenvalue weighted by Gasteiger charge is 2.30. The maximum atomic E-state index is 12.8. The number of esters is 2. The number of nitrogens with zero attached hydrogens (tertiary/aromatic N) is 2. The third kappa shape index (κ3) is 33.4. The van der Waals surface area contributed by atoms with Crippen molar-refractivity contribution in [3.63, 3.8) is 0 Å². The van der Waals surface area contributed by atoms with E-state index in [9.17, 15) is 14.7 Å². The van der Waals surface area contributed by atoms with Crippen LogP contribution in [0.1, 0.15) is 207 Å². The number of carbonyl (C=O) groups is 2. The monoisotopic (exact) mass is 741 g/mol. The second-order valence-electron chi connectivity index (χ2n) is 16.7. The zero-order valence-electron chi connectivity index (χ0n) is 35.8. The number of aliphatic hydroxyl groups excluding tert-OH is 1. The van der Waals surface area contributed by atoms with Gasteiger partial charge in [-0.25, -0.2) is 0 Å². The topological polar surface area (TPSA) is 72.8 Å². The molecule has 1 atom stereocenters. The van der Waals surface area contributed by atoms with Crippen LogP contribution in [0.2, 0.25) is 0 Å². The van der Waals surface area contributed by atoms with Crippen LogP contribution in [0.25, 0.3) is 0 Å². The van der Waals surface area contributed by atoms with Crippen LogP contribution in [0.4, 0.5) is 0 Å². The van der Waals surface area contributed by atoms with Gasteiger partial charge in [-0.1, -0.05) is 175 Å². The third-order valence-corrected chi connectivity index (χ3v) is 11.3. The number of aliphatic hydroxyl groups is 1. The van der Waals surface area contributed by atoms with Gasteiger partial charge in [0.25, 0.3) is 0 Å². The summed E-state index contributed by atoms with van der Waals surface area (Å²) in [5, 5.41) is 9.72. The number of quaternary nitrogens is 2. The van der Waals surface area contributed by atoms with Crippen molar-refractivity contribution in [2.45, 2.75) is 207 Å². The average molecular weight is 741 g/mol. The molecule has 0 saturated carbocycles. The van der Waals surface area contributed by atoms with Gasteiger partial charge in [-0.05, 0) is 19.3 Å². The lowest BCUT2D eigenvalue weighted by Gasteiger charge is -2.39. The Morgan fingerprint density at radius 2 is 0.673 bits per heavy atom. The number of hydrogen-bond acceptors (Lipinski definition) is 5. The summed E-state index contributed by atoms with van der Waals surface area (Å²) < 4.78 is 12.7. The Morgan fingerprint density at radius 3 is 0.962 bits per heavy atom. The summed E-state index contributed by atoms with van der Waals surface area (Å²) in [5.74, 6) is -0.260. The van der Waals surface area contributed by atoms with Crippen molar-refractivity contribution in [3.8, 4) is 0 Å². The second kappa shape index (κ2) is 36.8. The molecule has 1 N–H and O–H groups in total. The summed E-state index contributed by atoms with van der Waals surface area (Å²) in [5.41, 5.74) is 0. The highest BCUT2D eigenvalue weighted by atomic mass is 16.5. The first-order valence-electron chi connectivity index (χ1n) is 22.8. The molecule has 0 radical (unpaired) electrons. The molecular weight excluding hydrogens is 649 g/mol. The van der Waals surface area contributed by atoms with Crippen LogP contribution in [0, 0.1) is 0 Å². The number of hydrogen-bond donors (Lipinski definition) is 1. The quantitative estimate of drug-likeness (QED) is 0.0384. The maximum Gasteiger partial charge on any atom is 0.311 e. The first-order chi connectivity index (χ1) is 25.2. The van der Waals surface area contributed by atoms with Crippen LogP contribution in [0.5, 0.6) is 0 Å². The molecule has 7 heteroatoms. The molecule has 310 valence electrons. The Bertz CT molecular complexity index is 738. The van der Waals surface area contributed by atoms with Gasteiger partial charge < -0.3 is 23.5 Å². The molecule has 0 aliphatic heterocycles. The zero-order chi connectivity index (χ0) is 38.4. The predicted molar refractivity (Wildman–Crippen MR) is 221 cm³/mol. The number of unbranched alkanes of at least 4 members (excludes halogenated alkanes) is 24. The van der Waals surface area contributed by atoms with Crippen molar-refractivity contribution in [1.82, 2.24) is 0 Å². The van der Waals surface area contributed by atoms with Gasteiger partial charge in [-0.3, -0.25) is 9.59 Å². The largest absolute Gasteiger partial charge is 0.466 e. The Morgan fingerprint density at radius 1 is 0.385 bits per heavy atom. The zero-order valence-corrected chi connectivity index (χ0v) is 35.8. The van der Waals surface area contributed by atoms with E-state index in [0.29, 0.717) is 43.6 Å². The number of carbonyl (C=O) groups excluding carboxylic acids is 2. The predicted octanol–water partition coefficient (Wildman–Crippen LogP) is 11.3. The molecule has 0 heterocycles. The first kappa shape index (κ1) is 50.8. The highest BCUT2D eigenvalue weighted by Crippen LogP contribution is 2.16. The Hall–Kier alpha value is -1.18. The minimum Gasteiger partial charge on any atom is -0.466 e. The lowest BCUT2D eigenvalue weighted by Crippen LogP contribution is -2.56. The van der Waals surface area contributed by atoms with Gasteiger partial charge in [-0.15, -0.1) is 0 Å². The van der Waals surface area contributed by atoms with Crippen LogP contribution in [0.3, 0.4) is 0 Å². The molecule has 0 bridgehead atoms. The van der Waals surface area contributed by atoms with Crippen LogP contribution < -0.4 is 0 Å².